The summed E-state index contributed by atoms with van der Waals surface area (Å²) in [5.41, 5.74) is 0. The van der Waals surface area contributed by atoms with E-state index in [9.17, 15) is 4.79 Å². The van der Waals surface area contributed by atoms with E-state index in [4.69, 9.17) is 5.11 Å². The number of aromatic nitrogens is 2. The van der Waals surface area contributed by atoms with Gasteiger partial charge in [-0.1, -0.05) is 11.8 Å². The first kappa shape index (κ1) is 12.4. The number of carboxylic acids is 1. The van der Waals surface area contributed by atoms with E-state index in [0.29, 0.717) is 6.04 Å². The molecule has 0 saturated carbocycles. The molecule has 1 N–H and O–H groups in total. The molecule has 1 aromatic rings. The number of carbonyl (C=O) groups is 1. The van der Waals surface area contributed by atoms with E-state index in [1.54, 1.807) is 18.0 Å². The normalized spacial score (nSPS) is 12.7. The molecule has 15 heavy (non-hydrogen) atoms. The molecule has 1 unspecified atom stereocenters. The first-order valence-electron chi connectivity index (χ1n) is 4.51. The lowest BCUT2D eigenvalue weighted by molar-refractivity contribution is -0.133. The van der Waals surface area contributed by atoms with Crippen LogP contribution in [0.15, 0.2) is 17.6 Å². The molecule has 4 nitrogen and oxygen atoms in total. The molecular weight excluding hydrogens is 232 g/mol. The fourth-order valence-corrected chi connectivity index (χ4v) is 2.62. The molecule has 1 heterocycles. The van der Waals surface area contributed by atoms with Crippen molar-refractivity contribution in [3.63, 3.8) is 0 Å². The van der Waals surface area contributed by atoms with Gasteiger partial charge in [-0.15, -0.1) is 0 Å². The van der Waals surface area contributed by atoms with Crippen LogP contribution in [0, 0.1) is 0 Å². The molecular formula is C9H14N2O2S2. The lowest BCUT2D eigenvalue weighted by atomic mass is 10.4. The summed E-state index contributed by atoms with van der Waals surface area (Å²) >= 11 is 3.03. The third kappa shape index (κ3) is 3.79. The minimum Gasteiger partial charge on any atom is -0.481 e. The molecule has 1 rings (SSSR count). The molecule has 0 aliphatic heterocycles. The van der Waals surface area contributed by atoms with E-state index in [-0.39, 0.29) is 5.75 Å². The van der Waals surface area contributed by atoms with Crippen LogP contribution in [-0.4, -0.2) is 38.4 Å². The molecule has 0 aliphatic carbocycles. The van der Waals surface area contributed by atoms with Gasteiger partial charge in [-0.3, -0.25) is 4.79 Å². The second-order valence-corrected chi connectivity index (χ2v) is 4.96. The Bertz CT molecular complexity index is 328. The fraction of sp³-hybridized carbons (Fsp3) is 0.556. The SMILES string of the molecule is CSCC(C)n1ccnc1SCC(=O)O. The number of aliphatic carboxylic acids is 1. The summed E-state index contributed by atoms with van der Waals surface area (Å²) in [4.78, 5) is 14.6. The summed E-state index contributed by atoms with van der Waals surface area (Å²) in [5, 5.41) is 9.36. The highest BCUT2D eigenvalue weighted by Crippen LogP contribution is 2.21. The van der Waals surface area contributed by atoms with E-state index in [1.165, 1.54) is 11.8 Å². The van der Waals surface area contributed by atoms with Crippen molar-refractivity contribution < 1.29 is 9.90 Å². The number of thioether (sulfide) groups is 2. The van der Waals surface area contributed by atoms with Crippen LogP contribution in [0.5, 0.6) is 0 Å². The van der Waals surface area contributed by atoms with Crippen molar-refractivity contribution in [1.29, 1.82) is 0 Å². The Morgan fingerprint density at radius 1 is 1.73 bits per heavy atom. The van der Waals surface area contributed by atoms with E-state index in [1.807, 2.05) is 10.8 Å². The maximum absolute atomic E-state index is 10.4. The predicted molar refractivity (Wildman–Crippen MR) is 63.7 cm³/mol. The van der Waals surface area contributed by atoms with Gasteiger partial charge < -0.3 is 9.67 Å². The Kier molecular flexibility index (Phi) is 5.04. The smallest absolute Gasteiger partial charge is 0.313 e. The molecule has 0 aromatic carbocycles. The summed E-state index contributed by atoms with van der Waals surface area (Å²) in [5.74, 6) is 0.243. The van der Waals surface area contributed by atoms with Gasteiger partial charge in [0.05, 0.1) is 5.75 Å². The first-order chi connectivity index (χ1) is 7.15. The zero-order valence-electron chi connectivity index (χ0n) is 8.71. The summed E-state index contributed by atoms with van der Waals surface area (Å²) < 4.78 is 2.02. The molecule has 0 amide bonds. The molecule has 6 heteroatoms. The Hall–Kier alpha value is -0.620. The second kappa shape index (κ2) is 6.07. The van der Waals surface area contributed by atoms with Gasteiger partial charge in [0.2, 0.25) is 0 Å². The Morgan fingerprint density at radius 2 is 2.47 bits per heavy atom. The lowest BCUT2D eigenvalue weighted by Gasteiger charge is -2.14. The Balaban J connectivity index is 2.64. The summed E-state index contributed by atoms with van der Waals surface area (Å²) in [6.45, 7) is 2.10. The van der Waals surface area contributed by atoms with Gasteiger partial charge in [0, 0.05) is 24.2 Å². The van der Waals surface area contributed by atoms with E-state index < -0.39 is 5.97 Å². The van der Waals surface area contributed by atoms with Crippen molar-refractivity contribution in [3.8, 4) is 0 Å². The van der Waals surface area contributed by atoms with Crippen molar-refractivity contribution in [2.24, 2.45) is 0 Å². The Labute approximate surface area is 97.5 Å². The van der Waals surface area contributed by atoms with Crippen LogP contribution in [0.3, 0.4) is 0 Å². The minimum absolute atomic E-state index is 0.0585. The second-order valence-electron chi connectivity index (χ2n) is 3.10. The zero-order chi connectivity index (χ0) is 11.3. The standard InChI is InChI=1S/C9H14N2O2S2/c1-7(5-14-2)11-4-3-10-9(11)15-6-8(12)13/h3-4,7H,5-6H2,1-2H3,(H,12,13). The van der Waals surface area contributed by atoms with E-state index in [0.717, 1.165) is 10.9 Å². The average Bonchev–Trinajstić information content (AvgIpc) is 2.62. The minimum atomic E-state index is -0.813. The molecule has 84 valence electrons. The highest BCUT2D eigenvalue weighted by Gasteiger charge is 2.10. The number of nitrogens with zero attached hydrogens (tertiary/aromatic N) is 2. The van der Waals surface area contributed by atoms with Crippen molar-refractivity contribution in [3.05, 3.63) is 12.4 Å². The first-order valence-corrected chi connectivity index (χ1v) is 6.89. The van der Waals surface area contributed by atoms with Gasteiger partial charge >= 0.3 is 5.97 Å². The van der Waals surface area contributed by atoms with Crippen molar-refractivity contribution >= 4 is 29.5 Å². The van der Waals surface area contributed by atoms with Crippen molar-refractivity contribution in [2.45, 2.75) is 18.1 Å². The average molecular weight is 246 g/mol. The molecule has 0 saturated heterocycles. The van der Waals surface area contributed by atoms with Crippen LogP contribution in [-0.2, 0) is 4.79 Å². The molecule has 0 bridgehead atoms. The quantitative estimate of drug-likeness (QED) is 0.778. The third-order valence-corrected chi connectivity index (χ3v) is 3.62. The Morgan fingerprint density at radius 3 is 3.07 bits per heavy atom. The largest absolute Gasteiger partial charge is 0.481 e. The molecule has 0 aliphatic rings. The third-order valence-electron chi connectivity index (χ3n) is 1.84. The van der Waals surface area contributed by atoms with Crippen molar-refractivity contribution in [2.75, 3.05) is 17.8 Å². The van der Waals surface area contributed by atoms with E-state index in [2.05, 4.69) is 18.2 Å². The van der Waals surface area contributed by atoms with Crippen LogP contribution in [0.4, 0.5) is 0 Å². The molecule has 1 atom stereocenters. The molecule has 0 radical (unpaired) electrons. The molecule has 0 spiro atoms. The van der Waals surface area contributed by atoms with Crippen LogP contribution < -0.4 is 0 Å². The lowest BCUT2D eigenvalue weighted by Crippen LogP contribution is -2.09. The maximum Gasteiger partial charge on any atom is 0.313 e. The number of rotatable bonds is 6. The van der Waals surface area contributed by atoms with Crippen molar-refractivity contribution in [1.82, 2.24) is 9.55 Å². The van der Waals surface area contributed by atoms with Crippen LogP contribution in [0.25, 0.3) is 0 Å². The monoisotopic (exact) mass is 246 g/mol. The van der Waals surface area contributed by atoms with Crippen LogP contribution in [0.2, 0.25) is 0 Å². The number of imidazole rings is 1. The number of hydrogen-bond acceptors (Lipinski definition) is 4. The van der Waals surface area contributed by atoms with Crippen LogP contribution in [0.1, 0.15) is 13.0 Å². The summed E-state index contributed by atoms with van der Waals surface area (Å²) in [6, 6.07) is 0.346. The maximum atomic E-state index is 10.4. The van der Waals surface area contributed by atoms with Gasteiger partial charge in [-0.2, -0.15) is 11.8 Å². The van der Waals surface area contributed by atoms with Gasteiger partial charge in [0.1, 0.15) is 0 Å². The van der Waals surface area contributed by atoms with E-state index >= 15 is 0 Å². The zero-order valence-corrected chi connectivity index (χ0v) is 10.3. The molecule has 1 aromatic heterocycles. The number of hydrogen-bond donors (Lipinski definition) is 1. The predicted octanol–water partition coefficient (Wildman–Crippen LogP) is 1.98. The van der Waals surface area contributed by atoms with Crippen LogP contribution >= 0.6 is 23.5 Å². The summed E-state index contributed by atoms with van der Waals surface area (Å²) in [7, 11) is 0. The fourth-order valence-electron chi connectivity index (χ4n) is 1.19. The highest BCUT2D eigenvalue weighted by molar-refractivity contribution is 7.99. The van der Waals surface area contributed by atoms with Gasteiger partial charge in [-0.05, 0) is 13.2 Å². The highest BCUT2D eigenvalue weighted by atomic mass is 32.2. The number of carboxylic acid groups (broad SMARTS) is 1. The van der Waals surface area contributed by atoms with Gasteiger partial charge in [0.15, 0.2) is 5.16 Å². The molecule has 0 fully saturated rings. The summed E-state index contributed by atoms with van der Waals surface area (Å²) in [6.07, 6.45) is 5.66. The topological polar surface area (TPSA) is 55.1 Å². The van der Waals surface area contributed by atoms with Gasteiger partial charge in [0.25, 0.3) is 0 Å². The van der Waals surface area contributed by atoms with Gasteiger partial charge in [-0.25, -0.2) is 4.98 Å².